The van der Waals surface area contributed by atoms with Gasteiger partial charge in [-0.15, -0.1) is 0 Å². The number of benzene rings is 3. The van der Waals surface area contributed by atoms with Crippen LogP contribution in [-0.4, -0.2) is 27.6 Å². The van der Waals surface area contributed by atoms with Crippen LogP contribution < -0.4 is 15.6 Å². The highest BCUT2D eigenvalue weighted by atomic mass is 16.5. The molecule has 0 aliphatic rings. The van der Waals surface area contributed by atoms with Crippen molar-refractivity contribution in [2.45, 2.75) is 33.4 Å². The fraction of sp³-hybridized carbons (Fsp3) is 0.194. The molecule has 1 N–H and O–H groups in total. The maximum absolute atomic E-state index is 13.9. The summed E-state index contributed by atoms with van der Waals surface area (Å²) in [5, 5.41) is 3.46. The van der Waals surface area contributed by atoms with Gasteiger partial charge in [-0.05, 0) is 80.4 Å². The van der Waals surface area contributed by atoms with E-state index >= 15 is 0 Å². The quantitative estimate of drug-likeness (QED) is 0.267. The van der Waals surface area contributed by atoms with Crippen LogP contribution in [0.2, 0.25) is 0 Å². The lowest BCUT2D eigenvalue weighted by atomic mass is 10.1. The molecule has 0 saturated carbocycles. The van der Waals surface area contributed by atoms with E-state index in [9.17, 15) is 9.59 Å². The molecule has 3 aromatic carbocycles. The number of rotatable bonds is 7. The minimum absolute atomic E-state index is 0.166. The molecule has 0 aliphatic carbocycles. The van der Waals surface area contributed by atoms with Crippen molar-refractivity contribution in [2.24, 2.45) is 0 Å². The number of methoxy groups -OCH3 is 1. The SMILES string of the molecule is COc1cccc(NC(=O)N(Cc2ccco2)C(C)c2nc3ccccc3c(=O)n2-c2ccc(C)c(C)c2)c1. The van der Waals surface area contributed by atoms with Crippen molar-refractivity contribution in [3.05, 3.63) is 118 Å². The van der Waals surface area contributed by atoms with E-state index in [1.54, 1.807) is 59.2 Å². The number of carbonyl (C=O) groups excluding carboxylic acids is 1. The lowest BCUT2D eigenvalue weighted by Gasteiger charge is -2.30. The minimum atomic E-state index is -0.611. The second-order valence-corrected chi connectivity index (χ2v) is 9.44. The summed E-state index contributed by atoms with van der Waals surface area (Å²) in [6, 6.07) is 22.8. The number of nitrogens with one attached hydrogen (secondary N) is 1. The van der Waals surface area contributed by atoms with Crippen LogP contribution in [-0.2, 0) is 6.54 Å². The van der Waals surface area contributed by atoms with Crippen LogP contribution in [0.1, 0.15) is 35.7 Å². The van der Waals surface area contributed by atoms with E-state index in [0.717, 1.165) is 11.1 Å². The molecule has 8 nitrogen and oxygen atoms in total. The third kappa shape index (κ3) is 5.27. The highest BCUT2D eigenvalue weighted by Crippen LogP contribution is 2.27. The highest BCUT2D eigenvalue weighted by Gasteiger charge is 2.28. The van der Waals surface area contributed by atoms with Crippen LogP contribution >= 0.6 is 0 Å². The molecule has 5 aromatic rings. The summed E-state index contributed by atoms with van der Waals surface area (Å²) in [5.41, 5.74) is 3.80. The number of urea groups is 1. The number of anilines is 1. The Labute approximate surface area is 226 Å². The number of aromatic nitrogens is 2. The summed E-state index contributed by atoms with van der Waals surface area (Å²) in [5.74, 6) is 1.66. The third-order valence-corrected chi connectivity index (χ3v) is 6.88. The number of furan rings is 1. The van der Waals surface area contributed by atoms with E-state index in [4.69, 9.17) is 14.1 Å². The number of nitrogens with zero attached hydrogens (tertiary/aromatic N) is 3. The molecule has 2 amide bonds. The average Bonchev–Trinajstić information content (AvgIpc) is 3.46. The molecule has 2 heterocycles. The summed E-state index contributed by atoms with van der Waals surface area (Å²) in [6.45, 7) is 6.06. The van der Waals surface area contributed by atoms with Gasteiger partial charge in [0.05, 0.1) is 42.5 Å². The molecule has 0 aliphatic heterocycles. The molecular weight excluding hydrogens is 492 g/mol. The van der Waals surface area contributed by atoms with Gasteiger partial charge in [0.1, 0.15) is 17.3 Å². The number of aryl methyl sites for hydroxylation is 2. The van der Waals surface area contributed by atoms with Crippen LogP contribution in [0.5, 0.6) is 5.75 Å². The second-order valence-electron chi connectivity index (χ2n) is 9.44. The van der Waals surface area contributed by atoms with E-state index in [1.807, 2.05) is 63.2 Å². The summed E-state index contributed by atoms with van der Waals surface area (Å²) in [4.78, 5) is 34.2. The summed E-state index contributed by atoms with van der Waals surface area (Å²) < 4.78 is 12.5. The first kappa shape index (κ1) is 25.8. The molecular formula is C31H30N4O4. The second kappa shape index (κ2) is 10.9. The Morgan fingerprint density at radius 1 is 1.03 bits per heavy atom. The molecule has 0 bridgehead atoms. The van der Waals surface area contributed by atoms with Crippen LogP contribution in [0, 0.1) is 13.8 Å². The topological polar surface area (TPSA) is 89.6 Å². The molecule has 198 valence electrons. The zero-order valence-corrected chi connectivity index (χ0v) is 22.3. The van der Waals surface area contributed by atoms with Gasteiger partial charge in [-0.1, -0.05) is 24.3 Å². The monoisotopic (exact) mass is 522 g/mol. The predicted molar refractivity (Wildman–Crippen MR) is 151 cm³/mol. The highest BCUT2D eigenvalue weighted by molar-refractivity contribution is 5.90. The molecule has 2 aromatic heterocycles. The number of para-hydroxylation sites is 1. The fourth-order valence-electron chi connectivity index (χ4n) is 4.53. The lowest BCUT2D eigenvalue weighted by molar-refractivity contribution is 0.179. The number of fused-ring (bicyclic) bond motifs is 1. The zero-order chi connectivity index (χ0) is 27.5. The number of hydrogen-bond acceptors (Lipinski definition) is 5. The molecule has 1 unspecified atom stereocenters. The molecule has 39 heavy (non-hydrogen) atoms. The molecule has 0 radical (unpaired) electrons. The Hall–Kier alpha value is -4.85. The Balaban J connectivity index is 1.64. The van der Waals surface area contributed by atoms with Crippen molar-refractivity contribution in [2.75, 3.05) is 12.4 Å². The predicted octanol–water partition coefficient (Wildman–Crippen LogP) is 6.40. The van der Waals surface area contributed by atoms with E-state index in [1.165, 1.54) is 0 Å². The smallest absolute Gasteiger partial charge is 0.322 e. The van der Waals surface area contributed by atoms with Gasteiger partial charge in [0.15, 0.2) is 0 Å². The molecule has 8 heteroatoms. The molecule has 5 rings (SSSR count). The third-order valence-electron chi connectivity index (χ3n) is 6.88. The summed E-state index contributed by atoms with van der Waals surface area (Å²) in [6.07, 6.45) is 1.57. The fourth-order valence-corrected chi connectivity index (χ4v) is 4.53. The minimum Gasteiger partial charge on any atom is -0.497 e. The van der Waals surface area contributed by atoms with Crippen LogP contribution in [0.4, 0.5) is 10.5 Å². The Morgan fingerprint density at radius 2 is 1.85 bits per heavy atom. The Bertz CT molecular complexity index is 1690. The maximum Gasteiger partial charge on any atom is 0.322 e. The van der Waals surface area contributed by atoms with E-state index < -0.39 is 6.04 Å². The first-order chi connectivity index (χ1) is 18.9. The average molecular weight is 523 g/mol. The van der Waals surface area contributed by atoms with Crippen LogP contribution in [0.25, 0.3) is 16.6 Å². The maximum atomic E-state index is 13.9. The van der Waals surface area contributed by atoms with Crippen molar-refractivity contribution < 1.29 is 13.9 Å². The standard InChI is InChI=1S/C31H30N4O4/c1-20-14-15-24(17-21(20)2)35-29(33-28-13-6-5-12-27(28)30(35)36)22(3)34(19-26-11-8-16-39-26)31(37)32-23-9-7-10-25(18-23)38-4/h5-18,22H,19H2,1-4H3,(H,32,37). The van der Waals surface area contributed by atoms with Crippen LogP contribution in [0.3, 0.4) is 0 Å². The molecule has 0 fully saturated rings. The molecule has 0 spiro atoms. The van der Waals surface area contributed by atoms with Crippen molar-refractivity contribution in [3.63, 3.8) is 0 Å². The number of amides is 2. The summed E-state index contributed by atoms with van der Waals surface area (Å²) in [7, 11) is 1.57. The Kier molecular flexibility index (Phi) is 7.19. The van der Waals surface area contributed by atoms with Crippen molar-refractivity contribution >= 4 is 22.6 Å². The van der Waals surface area contributed by atoms with Gasteiger partial charge in [-0.25, -0.2) is 9.78 Å². The molecule has 0 saturated heterocycles. The molecule has 1 atom stereocenters. The van der Waals surface area contributed by atoms with Gasteiger partial charge in [0.2, 0.25) is 0 Å². The largest absolute Gasteiger partial charge is 0.497 e. The van der Waals surface area contributed by atoms with E-state index in [-0.39, 0.29) is 18.1 Å². The van der Waals surface area contributed by atoms with Crippen LogP contribution in [0.15, 0.2) is 94.3 Å². The first-order valence-electron chi connectivity index (χ1n) is 12.7. The van der Waals surface area contributed by atoms with Crippen molar-refractivity contribution in [1.82, 2.24) is 14.5 Å². The zero-order valence-electron chi connectivity index (χ0n) is 22.3. The Morgan fingerprint density at radius 3 is 2.59 bits per heavy atom. The van der Waals surface area contributed by atoms with Gasteiger partial charge in [0, 0.05) is 11.8 Å². The normalized spacial score (nSPS) is 11.8. The number of carbonyl (C=O) groups is 1. The van der Waals surface area contributed by atoms with E-state index in [2.05, 4.69) is 5.32 Å². The summed E-state index contributed by atoms with van der Waals surface area (Å²) >= 11 is 0. The van der Waals surface area contributed by atoms with Gasteiger partial charge >= 0.3 is 6.03 Å². The van der Waals surface area contributed by atoms with Crippen molar-refractivity contribution in [1.29, 1.82) is 0 Å². The first-order valence-corrected chi connectivity index (χ1v) is 12.7. The van der Waals surface area contributed by atoms with Crippen molar-refractivity contribution in [3.8, 4) is 11.4 Å². The van der Waals surface area contributed by atoms with Gasteiger partial charge in [-0.3, -0.25) is 9.36 Å². The van der Waals surface area contributed by atoms with Gasteiger partial charge in [0.25, 0.3) is 5.56 Å². The van der Waals surface area contributed by atoms with Gasteiger partial charge < -0.3 is 19.4 Å². The lowest BCUT2D eigenvalue weighted by Crippen LogP contribution is -2.39. The van der Waals surface area contributed by atoms with Gasteiger partial charge in [-0.2, -0.15) is 0 Å². The number of hydrogen-bond donors (Lipinski definition) is 1. The number of ether oxygens (including phenoxy) is 1. The van der Waals surface area contributed by atoms with E-state index in [0.29, 0.717) is 39.6 Å².